The molecule has 1 atom stereocenters. The molecule has 1 aliphatic heterocycles. The maximum absolute atomic E-state index is 13.5. The molecule has 4 rings (SSSR count). The normalized spacial score (nSPS) is 17.1. The molecular weight excluding hydrogens is 528 g/mol. The molecule has 1 fully saturated rings. The Balaban J connectivity index is 1.48. The molecule has 0 unspecified atom stereocenters. The largest absolute Gasteiger partial charge is 0.443 e. The number of alkyl halides is 3. The van der Waals surface area contributed by atoms with Gasteiger partial charge in [0, 0.05) is 37.3 Å². The van der Waals surface area contributed by atoms with Gasteiger partial charge in [0.2, 0.25) is 11.0 Å². The van der Waals surface area contributed by atoms with E-state index >= 15 is 0 Å². The van der Waals surface area contributed by atoms with Crippen LogP contribution in [0.3, 0.4) is 0 Å². The number of amides is 1. The van der Waals surface area contributed by atoms with Gasteiger partial charge >= 0.3 is 6.18 Å². The lowest BCUT2D eigenvalue weighted by Crippen LogP contribution is -2.45. The summed E-state index contributed by atoms with van der Waals surface area (Å²) in [5.74, 6) is -1.08. The number of fused-ring (bicyclic) bond motifs is 1. The predicted octanol–water partition coefficient (Wildman–Crippen LogP) is 4.18. The standard InChI is InChI=1S/C25H24F4N4O4S/c1-31-19(13-22(30)25(27,28)29)16-5-2-4-15(10-16)14-32-24(34)20-6-3-9-33(20)38(35,36)23-12-17-11-18(26)7-8-21(17)37-23/h2,4-5,7-8,10-13,20,30-31H,3,6,9,14H2,1H3,(H,32,34)/b19-13-,30-22?/t20-/m0/s1. The van der Waals surface area contributed by atoms with Crippen molar-refractivity contribution >= 4 is 38.3 Å². The molecule has 13 heteroatoms. The number of hydrogen-bond donors (Lipinski definition) is 3. The van der Waals surface area contributed by atoms with E-state index in [2.05, 4.69) is 10.6 Å². The highest BCUT2D eigenvalue weighted by molar-refractivity contribution is 7.89. The van der Waals surface area contributed by atoms with Gasteiger partial charge in [-0.15, -0.1) is 0 Å². The zero-order chi connectivity index (χ0) is 27.7. The minimum atomic E-state index is -4.79. The first kappa shape index (κ1) is 27.3. The fourth-order valence-electron chi connectivity index (χ4n) is 4.20. The molecule has 0 bridgehead atoms. The Kier molecular flexibility index (Phi) is 7.61. The van der Waals surface area contributed by atoms with E-state index in [0.717, 1.165) is 16.4 Å². The van der Waals surface area contributed by atoms with Crippen molar-refractivity contribution in [2.45, 2.75) is 36.7 Å². The van der Waals surface area contributed by atoms with Crippen LogP contribution in [0.15, 0.2) is 64.1 Å². The molecule has 0 radical (unpaired) electrons. The summed E-state index contributed by atoms with van der Waals surface area (Å²) in [7, 11) is -2.75. The Labute approximate surface area is 215 Å². The minimum Gasteiger partial charge on any atom is -0.443 e. The summed E-state index contributed by atoms with van der Waals surface area (Å²) in [4.78, 5) is 13.0. The van der Waals surface area contributed by atoms with Crippen LogP contribution < -0.4 is 10.6 Å². The summed E-state index contributed by atoms with van der Waals surface area (Å²) < 4.78 is 84.8. The fraction of sp³-hybridized carbons (Fsp3) is 0.280. The van der Waals surface area contributed by atoms with Crippen molar-refractivity contribution < 1.29 is 35.2 Å². The van der Waals surface area contributed by atoms with E-state index in [0.29, 0.717) is 23.6 Å². The van der Waals surface area contributed by atoms with Gasteiger partial charge < -0.3 is 15.1 Å². The number of halogens is 4. The number of allylic oxidation sites excluding steroid dienone is 1. The second kappa shape index (κ2) is 10.6. The zero-order valence-corrected chi connectivity index (χ0v) is 20.9. The Morgan fingerprint density at radius 3 is 2.68 bits per heavy atom. The van der Waals surface area contributed by atoms with Gasteiger partial charge in [-0.2, -0.15) is 17.5 Å². The molecule has 2 aromatic carbocycles. The predicted molar refractivity (Wildman–Crippen MR) is 132 cm³/mol. The van der Waals surface area contributed by atoms with E-state index in [4.69, 9.17) is 9.83 Å². The Hall–Kier alpha value is -3.71. The van der Waals surface area contributed by atoms with Crippen molar-refractivity contribution in [3.8, 4) is 0 Å². The molecular formula is C25H24F4N4O4S. The average molecular weight is 553 g/mol. The Morgan fingerprint density at radius 2 is 1.97 bits per heavy atom. The molecule has 1 saturated heterocycles. The van der Waals surface area contributed by atoms with Crippen LogP contribution in [0.2, 0.25) is 0 Å². The van der Waals surface area contributed by atoms with Crippen molar-refractivity contribution in [3.05, 3.63) is 71.6 Å². The smallest absolute Gasteiger partial charge is 0.432 e. The van der Waals surface area contributed by atoms with Crippen LogP contribution >= 0.6 is 0 Å². The van der Waals surface area contributed by atoms with Crippen LogP contribution in [0.5, 0.6) is 0 Å². The summed E-state index contributed by atoms with van der Waals surface area (Å²) >= 11 is 0. The molecule has 38 heavy (non-hydrogen) atoms. The molecule has 3 N–H and O–H groups in total. The summed E-state index contributed by atoms with van der Waals surface area (Å²) in [5, 5.41) is 12.4. The summed E-state index contributed by atoms with van der Waals surface area (Å²) in [6.45, 7) is 0.0947. The fourth-order valence-corrected chi connectivity index (χ4v) is 5.81. The lowest BCUT2D eigenvalue weighted by molar-refractivity contribution is -0.124. The van der Waals surface area contributed by atoms with Crippen LogP contribution in [0, 0.1) is 11.2 Å². The van der Waals surface area contributed by atoms with E-state index < -0.39 is 39.7 Å². The van der Waals surface area contributed by atoms with Gasteiger partial charge in [-0.1, -0.05) is 18.2 Å². The Bertz CT molecular complexity index is 1520. The molecule has 1 aromatic heterocycles. The highest BCUT2D eigenvalue weighted by atomic mass is 32.2. The van der Waals surface area contributed by atoms with Crippen molar-refractivity contribution in [1.82, 2.24) is 14.9 Å². The first-order valence-electron chi connectivity index (χ1n) is 11.5. The van der Waals surface area contributed by atoms with E-state index in [1.165, 1.54) is 19.2 Å². The van der Waals surface area contributed by atoms with Crippen LogP contribution in [-0.2, 0) is 21.4 Å². The molecule has 202 valence electrons. The molecule has 8 nitrogen and oxygen atoms in total. The summed E-state index contributed by atoms with van der Waals surface area (Å²) in [6, 6.07) is 10.2. The zero-order valence-electron chi connectivity index (χ0n) is 20.1. The molecule has 2 heterocycles. The second-order valence-electron chi connectivity index (χ2n) is 8.66. The second-order valence-corrected chi connectivity index (χ2v) is 10.5. The first-order chi connectivity index (χ1) is 17.9. The number of furan rings is 1. The molecule has 0 aliphatic carbocycles. The monoisotopic (exact) mass is 552 g/mol. The molecule has 0 spiro atoms. The van der Waals surface area contributed by atoms with Crippen LogP contribution in [0.25, 0.3) is 16.7 Å². The third kappa shape index (κ3) is 5.73. The van der Waals surface area contributed by atoms with Gasteiger partial charge in [-0.05, 0) is 54.3 Å². The number of nitrogens with zero attached hydrogens (tertiary/aromatic N) is 1. The molecule has 1 amide bonds. The summed E-state index contributed by atoms with van der Waals surface area (Å²) in [6.07, 6.45) is -3.39. The number of benzene rings is 2. The van der Waals surface area contributed by atoms with Crippen LogP contribution in [0.1, 0.15) is 24.0 Å². The highest BCUT2D eigenvalue weighted by Crippen LogP contribution is 2.30. The number of nitrogens with one attached hydrogen (secondary N) is 3. The van der Waals surface area contributed by atoms with Gasteiger partial charge in [-0.3, -0.25) is 10.2 Å². The minimum absolute atomic E-state index is 0.00527. The van der Waals surface area contributed by atoms with E-state index in [-0.39, 0.29) is 41.3 Å². The number of hydrogen-bond acceptors (Lipinski definition) is 6. The van der Waals surface area contributed by atoms with Crippen molar-refractivity contribution in [2.24, 2.45) is 0 Å². The van der Waals surface area contributed by atoms with Gasteiger partial charge in [0.15, 0.2) is 0 Å². The van der Waals surface area contributed by atoms with Gasteiger partial charge in [0.25, 0.3) is 10.0 Å². The van der Waals surface area contributed by atoms with Gasteiger partial charge in [0.05, 0.1) is 0 Å². The Morgan fingerprint density at radius 1 is 1.21 bits per heavy atom. The van der Waals surface area contributed by atoms with Crippen LogP contribution in [0.4, 0.5) is 17.6 Å². The van der Waals surface area contributed by atoms with Gasteiger partial charge in [0.1, 0.15) is 23.2 Å². The summed E-state index contributed by atoms with van der Waals surface area (Å²) in [5.41, 5.74) is -0.315. The molecule has 1 aliphatic rings. The van der Waals surface area contributed by atoms with E-state index in [1.807, 2.05) is 0 Å². The number of carbonyl (C=O) groups excluding carboxylic acids is 1. The lowest BCUT2D eigenvalue weighted by atomic mass is 10.1. The number of rotatable bonds is 8. The van der Waals surface area contributed by atoms with Gasteiger partial charge in [-0.25, -0.2) is 12.8 Å². The maximum Gasteiger partial charge on any atom is 0.432 e. The SMILES string of the molecule is CN/C(=C\C(=N)C(F)(F)F)c1cccc(CNC(=O)[C@@H]2CCCN2S(=O)(=O)c2cc3cc(F)ccc3o2)c1. The topological polar surface area (TPSA) is 115 Å². The molecule has 0 saturated carbocycles. The van der Waals surface area contributed by atoms with Crippen molar-refractivity contribution in [1.29, 1.82) is 5.41 Å². The van der Waals surface area contributed by atoms with Crippen molar-refractivity contribution in [2.75, 3.05) is 13.6 Å². The lowest BCUT2D eigenvalue weighted by Gasteiger charge is -2.22. The number of sulfonamides is 1. The highest BCUT2D eigenvalue weighted by Gasteiger charge is 2.41. The van der Waals surface area contributed by atoms with Crippen molar-refractivity contribution in [3.63, 3.8) is 0 Å². The van der Waals surface area contributed by atoms with Crippen LogP contribution in [-0.4, -0.2) is 50.2 Å². The van der Waals surface area contributed by atoms with E-state index in [9.17, 15) is 30.8 Å². The van der Waals surface area contributed by atoms with E-state index in [1.54, 1.807) is 24.3 Å². The third-order valence-electron chi connectivity index (χ3n) is 6.09. The molecule has 3 aromatic rings. The quantitative estimate of drug-likeness (QED) is 0.287. The number of carbonyl (C=O) groups is 1. The average Bonchev–Trinajstić information content (AvgIpc) is 3.53. The maximum atomic E-state index is 13.5. The first-order valence-corrected chi connectivity index (χ1v) is 13.0. The third-order valence-corrected chi connectivity index (χ3v) is 7.86.